The van der Waals surface area contributed by atoms with Gasteiger partial charge >= 0.3 is 0 Å². The number of hydrogen-bond donors (Lipinski definition) is 1. The highest BCUT2D eigenvalue weighted by molar-refractivity contribution is 8.00. The largest absolute Gasteiger partial charge is 0.497 e. The molecule has 1 fully saturated rings. The number of ether oxygens (including phenoxy) is 1. The van der Waals surface area contributed by atoms with Gasteiger partial charge in [-0.2, -0.15) is 0 Å². The summed E-state index contributed by atoms with van der Waals surface area (Å²) in [6.45, 7) is 8.24. The number of nitrogens with one attached hydrogen (secondary N) is 1. The molecule has 1 aliphatic rings. The SMILES string of the molecule is COc1ccc(-n2c(SC(C)C(=O)Nc3ccc(C)cc3)nnc2C(C)N2CCCCC2)cc1. The molecule has 7 nitrogen and oxygen atoms in total. The zero-order chi connectivity index (χ0) is 24.1. The van der Waals surface area contributed by atoms with Crippen molar-refractivity contribution in [2.75, 3.05) is 25.5 Å². The number of rotatable bonds is 8. The van der Waals surface area contributed by atoms with E-state index in [-0.39, 0.29) is 17.2 Å². The zero-order valence-electron chi connectivity index (χ0n) is 20.3. The van der Waals surface area contributed by atoms with Crippen LogP contribution in [0.3, 0.4) is 0 Å². The van der Waals surface area contributed by atoms with E-state index in [9.17, 15) is 4.79 Å². The van der Waals surface area contributed by atoms with Crippen LogP contribution in [-0.2, 0) is 4.79 Å². The Labute approximate surface area is 205 Å². The third-order valence-corrected chi connectivity index (χ3v) is 7.31. The second-order valence-corrected chi connectivity index (χ2v) is 10.1. The molecular formula is C26H33N5O2S. The fourth-order valence-corrected chi connectivity index (χ4v) is 5.04. The number of benzene rings is 2. The van der Waals surface area contributed by atoms with Crippen molar-refractivity contribution in [3.8, 4) is 11.4 Å². The van der Waals surface area contributed by atoms with E-state index in [1.807, 2.05) is 62.4 Å². The topological polar surface area (TPSA) is 72.3 Å². The van der Waals surface area contributed by atoms with Gasteiger partial charge in [0.25, 0.3) is 0 Å². The van der Waals surface area contributed by atoms with Gasteiger partial charge in [0.1, 0.15) is 5.75 Å². The molecule has 1 saturated heterocycles. The molecule has 0 spiro atoms. The van der Waals surface area contributed by atoms with E-state index in [1.165, 1.54) is 31.0 Å². The molecule has 0 bridgehead atoms. The lowest BCUT2D eigenvalue weighted by molar-refractivity contribution is -0.115. The summed E-state index contributed by atoms with van der Waals surface area (Å²) < 4.78 is 7.43. The van der Waals surface area contributed by atoms with Gasteiger partial charge in [-0.1, -0.05) is 35.9 Å². The van der Waals surface area contributed by atoms with Crippen LogP contribution < -0.4 is 10.1 Å². The number of aryl methyl sites for hydroxylation is 1. The quantitative estimate of drug-likeness (QED) is 0.445. The summed E-state index contributed by atoms with van der Waals surface area (Å²) in [5.41, 5.74) is 2.90. The molecule has 8 heteroatoms. The lowest BCUT2D eigenvalue weighted by Crippen LogP contribution is -2.33. The number of carbonyl (C=O) groups excluding carboxylic acids is 1. The van der Waals surface area contributed by atoms with Crippen molar-refractivity contribution in [1.82, 2.24) is 19.7 Å². The monoisotopic (exact) mass is 479 g/mol. The highest BCUT2D eigenvalue weighted by Gasteiger charge is 2.27. The molecule has 3 aromatic rings. The minimum Gasteiger partial charge on any atom is -0.497 e. The molecule has 0 radical (unpaired) electrons. The van der Waals surface area contributed by atoms with Gasteiger partial charge in [0.15, 0.2) is 11.0 Å². The highest BCUT2D eigenvalue weighted by Crippen LogP contribution is 2.32. The van der Waals surface area contributed by atoms with E-state index in [0.717, 1.165) is 41.6 Å². The molecule has 1 aromatic heterocycles. The molecule has 1 aliphatic heterocycles. The normalized spacial score (nSPS) is 16.1. The minimum absolute atomic E-state index is 0.0660. The van der Waals surface area contributed by atoms with Gasteiger partial charge in [-0.15, -0.1) is 10.2 Å². The van der Waals surface area contributed by atoms with Crippen LogP contribution in [0.2, 0.25) is 0 Å². The highest BCUT2D eigenvalue weighted by atomic mass is 32.2. The van der Waals surface area contributed by atoms with Gasteiger partial charge in [0, 0.05) is 11.4 Å². The molecule has 2 unspecified atom stereocenters. The molecule has 1 amide bonds. The van der Waals surface area contributed by atoms with E-state index in [2.05, 4.69) is 31.9 Å². The Kier molecular flexibility index (Phi) is 7.90. The Balaban J connectivity index is 1.59. The zero-order valence-corrected chi connectivity index (χ0v) is 21.1. The maximum atomic E-state index is 12.9. The molecule has 0 saturated carbocycles. The number of nitrogens with zero attached hydrogens (tertiary/aromatic N) is 4. The van der Waals surface area contributed by atoms with Crippen molar-refractivity contribution in [2.24, 2.45) is 0 Å². The molecule has 180 valence electrons. The lowest BCUT2D eigenvalue weighted by atomic mass is 10.1. The van der Waals surface area contributed by atoms with Crippen molar-refractivity contribution in [1.29, 1.82) is 0 Å². The molecule has 4 rings (SSSR count). The predicted molar refractivity (Wildman–Crippen MR) is 137 cm³/mol. The maximum Gasteiger partial charge on any atom is 0.237 e. The molecule has 2 heterocycles. The molecule has 1 N–H and O–H groups in total. The van der Waals surface area contributed by atoms with Crippen LogP contribution in [0.25, 0.3) is 5.69 Å². The van der Waals surface area contributed by atoms with E-state index in [4.69, 9.17) is 4.74 Å². The fourth-order valence-electron chi connectivity index (χ4n) is 4.16. The van der Waals surface area contributed by atoms with Crippen molar-refractivity contribution in [2.45, 2.75) is 56.5 Å². The molecule has 2 atom stereocenters. The van der Waals surface area contributed by atoms with E-state index < -0.39 is 0 Å². The summed E-state index contributed by atoms with van der Waals surface area (Å²) in [5, 5.41) is 12.5. The van der Waals surface area contributed by atoms with Crippen LogP contribution in [0.4, 0.5) is 5.69 Å². The fraction of sp³-hybridized carbons (Fsp3) is 0.423. The summed E-state index contributed by atoms with van der Waals surface area (Å²) in [6.07, 6.45) is 3.70. The van der Waals surface area contributed by atoms with E-state index in [0.29, 0.717) is 5.16 Å². The number of carbonyl (C=O) groups is 1. The first-order chi connectivity index (χ1) is 16.5. The van der Waals surface area contributed by atoms with Crippen LogP contribution in [0, 0.1) is 6.92 Å². The summed E-state index contributed by atoms with van der Waals surface area (Å²) in [7, 11) is 1.66. The molecule has 0 aliphatic carbocycles. The van der Waals surface area contributed by atoms with Gasteiger partial charge in [-0.05, 0) is 83.1 Å². The van der Waals surface area contributed by atoms with Crippen LogP contribution in [0.1, 0.15) is 50.5 Å². The van der Waals surface area contributed by atoms with Crippen molar-refractivity contribution in [3.63, 3.8) is 0 Å². The van der Waals surface area contributed by atoms with Gasteiger partial charge in [0.2, 0.25) is 5.91 Å². The van der Waals surface area contributed by atoms with Gasteiger partial charge < -0.3 is 10.1 Å². The standard InChI is InChI=1S/C26H33N5O2S/c1-18-8-10-21(11-9-18)27-25(32)20(3)34-26-29-28-24(19(2)30-16-6-5-7-17-30)31(26)22-12-14-23(33-4)15-13-22/h8-15,19-20H,5-7,16-17H2,1-4H3,(H,27,32). The lowest BCUT2D eigenvalue weighted by Gasteiger charge is -2.32. The van der Waals surface area contributed by atoms with Crippen LogP contribution in [-0.4, -0.2) is 51.0 Å². The second kappa shape index (κ2) is 11.1. The third-order valence-electron chi connectivity index (χ3n) is 6.27. The number of anilines is 1. The van der Waals surface area contributed by atoms with Crippen molar-refractivity contribution in [3.05, 3.63) is 59.9 Å². The number of hydrogen-bond acceptors (Lipinski definition) is 6. The summed E-state index contributed by atoms with van der Waals surface area (Å²) in [4.78, 5) is 15.4. The first-order valence-electron chi connectivity index (χ1n) is 11.8. The van der Waals surface area contributed by atoms with Gasteiger partial charge in [-0.3, -0.25) is 14.3 Å². The number of likely N-dealkylation sites (tertiary alicyclic amines) is 1. The van der Waals surface area contributed by atoms with Crippen LogP contribution in [0.15, 0.2) is 53.7 Å². The average Bonchev–Trinajstić information content (AvgIpc) is 3.28. The second-order valence-electron chi connectivity index (χ2n) is 8.76. The van der Waals surface area contributed by atoms with Crippen molar-refractivity contribution >= 4 is 23.4 Å². The number of amides is 1. The van der Waals surface area contributed by atoms with Crippen LogP contribution in [0.5, 0.6) is 5.75 Å². The average molecular weight is 480 g/mol. The summed E-state index contributed by atoms with van der Waals surface area (Å²) >= 11 is 1.42. The van der Waals surface area contributed by atoms with Gasteiger partial charge in [0.05, 0.1) is 18.4 Å². The Hall–Kier alpha value is -2.84. The molecular weight excluding hydrogens is 446 g/mol. The Bertz CT molecular complexity index is 1090. The summed E-state index contributed by atoms with van der Waals surface area (Å²) in [6, 6.07) is 15.8. The predicted octanol–water partition coefficient (Wildman–Crippen LogP) is 5.25. The van der Waals surface area contributed by atoms with Crippen LogP contribution >= 0.6 is 11.8 Å². The van der Waals surface area contributed by atoms with Gasteiger partial charge in [-0.25, -0.2) is 0 Å². The summed E-state index contributed by atoms with van der Waals surface area (Å²) in [5.74, 6) is 1.62. The molecule has 2 aromatic carbocycles. The number of aromatic nitrogens is 3. The third kappa shape index (κ3) is 5.62. The smallest absolute Gasteiger partial charge is 0.237 e. The Morgan fingerprint density at radius 3 is 2.32 bits per heavy atom. The number of thioether (sulfide) groups is 1. The first-order valence-corrected chi connectivity index (χ1v) is 12.7. The van der Waals surface area contributed by atoms with Crippen molar-refractivity contribution < 1.29 is 9.53 Å². The Morgan fingerprint density at radius 1 is 1.00 bits per heavy atom. The number of methoxy groups -OCH3 is 1. The molecule has 34 heavy (non-hydrogen) atoms. The van der Waals surface area contributed by atoms with E-state index >= 15 is 0 Å². The Morgan fingerprint density at radius 2 is 1.68 bits per heavy atom. The number of piperidine rings is 1. The van der Waals surface area contributed by atoms with E-state index in [1.54, 1.807) is 7.11 Å². The first kappa shape index (κ1) is 24.3. The maximum absolute atomic E-state index is 12.9. The minimum atomic E-state index is -0.347.